The van der Waals surface area contributed by atoms with Gasteiger partial charge >= 0.3 is 12.0 Å². The van der Waals surface area contributed by atoms with E-state index in [1.807, 2.05) is 55.5 Å². The van der Waals surface area contributed by atoms with Crippen LogP contribution in [0.1, 0.15) is 37.5 Å². The molecular weight excluding hydrogens is 380 g/mol. The zero-order valence-electron chi connectivity index (χ0n) is 18.5. The molecule has 2 aromatic rings. The van der Waals surface area contributed by atoms with E-state index in [0.717, 1.165) is 22.4 Å². The first-order chi connectivity index (χ1) is 14.2. The lowest BCUT2D eigenvalue weighted by Gasteiger charge is -2.22. The molecule has 0 radical (unpaired) electrons. The first-order valence-corrected chi connectivity index (χ1v) is 10.1. The molecule has 1 unspecified atom stereocenters. The van der Waals surface area contributed by atoms with Gasteiger partial charge in [0.1, 0.15) is 12.4 Å². The number of benzene rings is 2. The number of methoxy groups -OCH3 is 1. The smallest absolute Gasteiger partial charge is 0.315 e. The Labute approximate surface area is 179 Å². The van der Waals surface area contributed by atoms with Gasteiger partial charge in [0.05, 0.1) is 18.6 Å². The minimum absolute atomic E-state index is 0.108. The van der Waals surface area contributed by atoms with E-state index in [2.05, 4.69) is 10.6 Å². The lowest BCUT2D eigenvalue weighted by Crippen LogP contribution is -2.45. The lowest BCUT2D eigenvalue weighted by molar-refractivity contribution is -0.153. The van der Waals surface area contributed by atoms with Crippen molar-refractivity contribution in [1.82, 2.24) is 10.6 Å². The van der Waals surface area contributed by atoms with Gasteiger partial charge in [0, 0.05) is 6.54 Å². The molecule has 2 rings (SSSR count). The molecule has 0 bridgehead atoms. The second-order valence-corrected chi connectivity index (χ2v) is 8.37. The molecule has 162 valence electrons. The number of carbonyl (C=O) groups excluding carboxylic acids is 2. The summed E-state index contributed by atoms with van der Waals surface area (Å²) in [5.41, 5.74) is 2.43. The normalized spacial score (nSPS) is 12.0. The summed E-state index contributed by atoms with van der Waals surface area (Å²) in [6.45, 7) is 7.85. The number of esters is 1. The highest BCUT2D eigenvalue weighted by Crippen LogP contribution is 2.19. The molecular formula is C24H32N2O4. The van der Waals surface area contributed by atoms with E-state index in [1.54, 1.807) is 27.9 Å². The lowest BCUT2D eigenvalue weighted by atomic mass is 9.97. The average molecular weight is 413 g/mol. The second kappa shape index (κ2) is 10.7. The SMILES string of the molecule is COc1cc(CNC(=O)NC(COC(=O)C(C)(C)C)Cc2ccccc2)ccc1C. The standard InChI is InChI=1S/C24H32N2O4/c1-17-11-12-19(14-21(17)29-5)15-25-23(28)26-20(13-18-9-7-6-8-10-18)16-30-22(27)24(2,3)4/h6-12,14,20H,13,15-16H2,1-5H3,(H2,25,26,28). The molecule has 0 aliphatic rings. The first kappa shape index (κ1) is 23.3. The van der Waals surface area contributed by atoms with Crippen molar-refractivity contribution in [2.75, 3.05) is 13.7 Å². The predicted octanol–water partition coefficient (Wildman–Crippen LogP) is 4.00. The van der Waals surface area contributed by atoms with E-state index in [-0.39, 0.29) is 24.6 Å². The highest BCUT2D eigenvalue weighted by molar-refractivity contribution is 5.76. The summed E-state index contributed by atoms with van der Waals surface area (Å²) in [5.74, 6) is 0.486. The monoisotopic (exact) mass is 412 g/mol. The highest BCUT2D eigenvalue weighted by atomic mass is 16.5. The molecule has 0 saturated carbocycles. The fraction of sp³-hybridized carbons (Fsp3) is 0.417. The molecule has 2 N–H and O–H groups in total. The molecule has 1 atom stereocenters. The molecule has 0 saturated heterocycles. The molecule has 0 spiro atoms. The minimum atomic E-state index is -0.593. The van der Waals surface area contributed by atoms with Crippen molar-refractivity contribution in [3.63, 3.8) is 0 Å². The molecule has 2 amide bonds. The quantitative estimate of drug-likeness (QED) is 0.643. The summed E-state index contributed by atoms with van der Waals surface area (Å²) in [4.78, 5) is 24.6. The third-order valence-electron chi connectivity index (χ3n) is 4.61. The van der Waals surface area contributed by atoms with Gasteiger partial charge in [-0.2, -0.15) is 0 Å². The zero-order chi connectivity index (χ0) is 22.1. The summed E-state index contributed by atoms with van der Waals surface area (Å²) in [5, 5.41) is 5.78. The number of ether oxygens (including phenoxy) is 2. The third kappa shape index (κ3) is 7.43. The zero-order valence-corrected chi connectivity index (χ0v) is 18.5. The molecule has 0 aliphatic heterocycles. The van der Waals surface area contributed by atoms with E-state index in [0.29, 0.717) is 13.0 Å². The summed E-state index contributed by atoms with van der Waals surface area (Å²) in [7, 11) is 1.62. The van der Waals surface area contributed by atoms with Crippen LogP contribution in [0.5, 0.6) is 5.75 Å². The number of carbonyl (C=O) groups is 2. The average Bonchev–Trinajstić information content (AvgIpc) is 2.71. The van der Waals surface area contributed by atoms with Crippen molar-refractivity contribution < 1.29 is 19.1 Å². The molecule has 0 fully saturated rings. The summed E-state index contributed by atoms with van der Waals surface area (Å²) in [6, 6.07) is 14.9. The summed E-state index contributed by atoms with van der Waals surface area (Å²) >= 11 is 0. The predicted molar refractivity (Wildman–Crippen MR) is 117 cm³/mol. The van der Waals surface area contributed by atoms with Gasteiger partial charge in [0.2, 0.25) is 0 Å². The van der Waals surface area contributed by atoms with E-state index in [1.165, 1.54) is 0 Å². The van der Waals surface area contributed by atoms with Crippen LogP contribution >= 0.6 is 0 Å². The molecule has 0 heterocycles. The Balaban J connectivity index is 1.97. The Bertz CT molecular complexity index is 844. The van der Waals surface area contributed by atoms with Crippen LogP contribution in [-0.2, 0) is 22.5 Å². The van der Waals surface area contributed by atoms with Gasteiger partial charge in [-0.25, -0.2) is 4.79 Å². The molecule has 6 nitrogen and oxygen atoms in total. The van der Waals surface area contributed by atoms with E-state index in [9.17, 15) is 9.59 Å². The van der Waals surface area contributed by atoms with E-state index >= 15 is 0 Å². The number of nitrogens with one attached hydrogen (secondary N) is 2. The molecule has 2 aromatic carbocycles. The number of aryl methyl sites for hydroxylation is 1. The van der Waals surface area contributed by atoms with E-state index in [4.69, 9.17) is 9.47 Å². The number of urea groups is 1. The topological polar surface area (TPSA) is 76.7 Å². The number of rotatable bonds is 8. The van der Waals surface area contributed by atoms with Crippen LogP contribution in [0.3, 0.4) is 0 Å². The van der Waals surface area contributed by atoms with E-state index < -0.39 is 5.41 Å². The maximum atomic E-state index is 12.5. The highest BCUT2D eigenvalue weighted by Gasteiger charge is 2.24. The maximum Gasteiger partial charge on any atom is 0.315 e. The van der Waals surface area contributed by atoms with Crippen molar-refractivity contribution in [3.05, 3.63) is 65.2 Å². The largest absolute Gasteiger partial charge is 0.496 e. The summed E-state index contributed by atoms with van der Waals surface area (Å²) in [6.07, 6.45) is 0.560. The van der Waals surface area contributed by atoms with Crippen LogP contribution in [0.2, 0.25) is 0 Å². The Hall–Kier alpha value is -3.02. The van der Waals surface area contributed by atoms with Crippen molar-refractivity contribution in [2.24, 2.45) is 5.41 Å². The Morgan fingerprint density at radius 1 is 1.03 bits per heavy atom. The van der Waals surface area contributed by atoms with Gasteiger partial charge in [-0.05, 0) is 56.9 Å². The molecule has 0 aliphatic carbocycles. The molecule has 6 heteroatoms. The van der Waals surface area contributed by atoms with Crippen LogP contribution in [0.25, 0.3) is 0 Å². The first-order valence-electron chi connectivity index (χ1n) is 10.1. The van der Waals surface area contributed by atoms with Crippen molar-refractivity contribution in [3.8, 4) is 5.75 Å². The van der Waals surface area contributed by atoms with Gasteiger partial charge in [-0.3, -0.25) is 4.79 Å². The van der Waals surface area contributed by atoms with Gasteiger partial charge in [0.15, 0.2) is 0 Å². The second-order valence-electron chi connectivity index (χ2n) is 8.37. The van der Waals surface area contributed by atoms with Crippen molar-refractivity contribution >= 4 is 12.0 Å². The van der Waals surface area contributed by atoms with Crippen molar-refractivity contribution in [2.45, 2.75) is 46.7 Å². The third-order valence-corrected chi connectivity index (χ3v) is 4.61. The Morgan fingerprint density at radius 2 is 1.73 bits per heavy atom. The van der Waals surface area contributed by atoms with Gasteiger partial charge in [-0.1, -0.05) is 42.5 Å². The van der Waals surface area contributed by atoms with Crippen LogP contribution in [0.4, 0.5) is 4.79 Å². The van der Waals surface area contributed by atoms with Crippen LogP contribution < -0.4 is 15.4 Å². The maximum absolute atomic E-state index is 12.5. The van der Waals surface area contributed by atoms with Gasteiger partial charge in [0.25, 0.3) is 0 Å². The fourth-order valence-corrected chi connectivity index (χ4v) is 2.84. The molecule has 0 aromatic heterocycles. The number of hydrogen-bond acceptors (Lipinski definition) is 4. The molecule has 30 heavy (non-hydrogen) atoms. The van der Waals surface area contributed by atoms with Crippen LogP contribution in [0, 0.1) is 12.3 Å². The van der Waals surface area contributed by atoms with Crippen LogP contribution in [0.15, 0.2) is 48.5 Å². The van der Waals surface area contributed by atoms with Crippen LogP contribution in [-0.4, -0.2) is 31.8 Å². The summed E-state index contributed by atoms with van der Waals surface area (Å²) < 4.78 is 10.8. The number of hydrogen-bond donors (Lipinski definition) is 2. The Kier molecular flexibility index (Phi) is 8.27. The van der Waals surface area contributed by atoms with Gasteiger partial charge in [-0.15, -0.1) is 0 Å². The van der Waals surface area contributed by atoms with Gasteiger partial charge < -0.3 is 20.1 Å². The Morgan fingerprint density at radius 3 is 2.37 bits per heavy atom. The fourth-order valence-electron chi connectivity index (χ4n) is 2.84. The number of amides is 2. The minimum Gasteiger partial charge on any atom is -0.496 e. The van der Waals surface area contributed by atoms with Crippen molar-refractivity contribution in [1.29, 1.82) is 0 Å².